The minimum Gasteiger partial charge on any atom is -0.330 e. The van der Waals surface area contributed by atoms with Gasteiger partial charge in [-0.1, -0.05) is 54.5 Å². The predicted octanol–water partition coefficient (Wildman–Crippen LogP) is 6.24. The molecule has 35 heavy (non-hydrogen) atoms. The number of rotatable bonds is 1. The minimum absolute atomic E-state index is 0.00723. The molecule has 4 heteroatoms. The number of nitriles is 1. The summed E-state index contributed by atoms with van der Waals surface area (Å²) < 4.78 is 0. The van der Waals surface area contributed by atoms with Crippen molar-refractivity contribution in [3.05, 3.63) is 11.6 Å². The molecule has 0 bridgehead atoms. The molecule has 0 aliphatic heterocycles. The van der Waals surface area contributed by atoms with Crippen LogP contribution in [-0.4, -0.2) is 18.1 Å². The molecule has 5 rings (SSSR count). The number of fused-ring (bicyclic) bond motifs is 7. The van der Waals surface area contributed by atoms with Crippen molar-refractivity contribution in [2.24, 2.45) is 61.9 Å². The highest BCUT2D eigenvalue weighted by molar-refractivity contribution is 6.04. The van der Waals surface area contributed by atoms with Crippen molar-refractivity contribution in [1.82, 2.24) is 0 Å². The lowest BCUT2D eigenvalue weighted by Crippen LogP contribution is -2.69. The molecule has 2 N–H and O–H groups in total. The van der Waals surface area contributed by atoms with Crippen molar-refractivity contribution in [2.45, 2.75) is 99.8 Å². The maximum Gasteiger partial charge on any atom is 0.178 e. The third kappa shape index (κ3) is 3.00. The van der Waals surface area contributed by atoms with Gasteiger partial charge in [-0.25, -0.2) is 0 Å². The molecular formula is C31H46N2O2. The van der Waals surface area contributed by atoms with E-state index in [9.17, 15) is 14.9 Å². The molecule has 5 aliphatic rings. The highest BCUT2D eigenvalue weighted by Gasteiger charge is 2.71. The van der Waals surface area contributed by atoms with E-state index in [0.717, 1.165) is 38.5 Å². The van der Waals surface area contributed by atoms with Crippen molar-refractivity contribution >= 4 is 11.6 Å². The fraction of sp³-hybridized carbons (Fsp3) is 0.839. The number of carbonyl (C=O) groups is 2. The normalized spacial score (nSPS) is 50.1. The van der Waals surface area contributed by atoms with Crippen LogP contribution in [0.4, 0.5) is 0 Å². The van der Waals surface area contributed by atoms with Gasteiger partial charge in [0.05, 0.1) is 5.57 Å². The fourth-order valence-corrected chi connectivity index (χ4v) is 10.8. The van der Waals surface area contributed by atoms with E-state index in [1.54, 1.807) is 0 Å². The first-order valence-electron chi connectivity index (χ1n) is 14.0. The van der Waals surface area contributed by atoms with Gasteiger partial charge in [0.15, 0.2) is 5.78 Å². The topological polar surface area (TPSA) is 83.9 Å². The molecule has 0 radical (unpaired) electrons. The Hall–Kier alpha value is -1.47. The van der Waals surface area contributed by atoms with Gasteiger partial charge >= 0.3 is 0 Å². The van der Waals surface area contributed by atoms with Gasteiger partial charge in [-0.05, 0) is 96.3 Å². The lowest BCUT2D eigenvalue weighted by Gasteiger charge is -2.72. The molecule has 0 aromatic carbocycles. The Morgan fingerprint density at radius 2 is 1.60 bits per heavy atom. The highest BCUT2D eigenvalue weighted by Crippen LogP contribution is 2.75. The lowest BCUT2D eigenvalue weighted by molar-refractivity contribution is -0.221. The Labute approximate surface area is 212 Å². The van der Waals surface area contributed by atoms with Crippen LogP contribution in [0.1, 0.15) is 99.8 Å². The average Bonchev–Trinajstić information content (AvgIpc) is 2.77. The average molecular weight is 479 g/mol. The van der Waals surface area contributed by atoms with Crippen LogP contribution in [0.15, 0.2) is 11.6 Å². The summed E-state index contributed by atoms with van der Waals surface area (Å²) in [7, 11) is 0. The standard InChI is InChI=1S/C31H46N2O2/c1-26(2)10-12-31(18-33)13-11-30(7)24(20(31)16-26)21(34)14-23-28(5)15-19(17-32)25(35)27(3,4)22(28)8-9-29(23,30)6/h15,20,22-24H,8-14,16,18,33H2,1-7H3. The summed E-state index contributed by atoms with van der Waals surface area (Å²) in [4.78, 5) is 27.5. The first-order chi connectivity index (χ1) is 16.1. The van der Waals surface area contributed by atoms with Crippen LogP contribution in [0, 0.1) is 67.5 Å². The second-order valence-electron chi connectivity index (χ2n) is 15.3. The monoisotopic (exact) mass is 478 g/mol. The van der Waals surface area contributed by atoms with Gasteiger partial charge in [-0.2, -0.15) is 5.26 Å². The van der Waals surface area contributed by atoms with Gasteiger partial charge in [-0.15, -0.1) is 0 Å². The second kappa shape index (κ2) is 7.31. The zero-order valence-electron chi connectivity index (χ0n) is 23.1. The first-order valence-corrected chi connectivity index (χ1v) is 14.0. The largest absolute Gasteiger partial charge is 0.330 e. The first kappa shape index (κ1) is 25.2. The van der Waals surface area contributed by atoms with Crippen molar-refractivity contribution < 1.29 is 9.59 Å². The van der Waals surface area contributed by atoms with Crippen LogP contribution in [-0.2, 0) is 9.59 Å². The van der Waals surface area contributed by atoms with E-state index < -0.39 is 5.41 Å². The third-order valence-corrected chi connectivity index (χ3v) is 13.1. The van der Waals surface area contributed by atoms with Crippen molar-refractivity contribution in [1.29, 1.82) is 5.26 Å². The number of allylic oxidation sites excluding steroid dienone is 2. The molecule has 0 heterocycles. The Morgan fingerprint density at radius 1 is 0.943 bits per heavy atom. The summed E-state index contributed by atoms with van der Waals surface area (Å²) in [5.74, 6) is 1.15. The molecule has 0 saturated heterocycles. The zero-order chi connectivity index (χ0) is 25.8. The molecular weight excluding hydrogens is 432 g/mol. The number of carbonyl (C=O) groups excluding carboxylic acids is 2. The number of nitrogens with two attached hydrogens (primary N) is 1. The van der Waals surface area contributed by atoms with Crippen LogP contribution in [0.25, 0.3) is 0 Å². The van der Waals surface area contributed by atoms with Crippen LogP contribution in [0.3, 0.4) is 0 Å². The number of nitrogens with zero attached hydrogens (tertiary/aromatic N) is 1. The highest BCUT2D eigenvalue weighted by atomic mass is 16.1. The van der Waals surface area contributed by atoms with Crippen LogP contribution < -0.4 is 5.73 Å². The number of hydrogen-bond donors (Lipinski definition) is 1. The van der Waals surface area contributed by atoms with Gasteiger partial charge in [-0.3, -0.25) is 9.59 Å². The molecule has 4 saturated carbocycles. The maximum absolute atomic E-state index is 14.4. The van der Waals surface area contributed by atoms with Gasteiger partial charge in [0.1, 0.15) is 11.9 Å². The Bertz CT molecular complexity index is 1050. The third-order valence-electron chi connectivity index (χ3n) is 13.1. The summed E-state index contributed by atoms with van der Waals surface area (Å²) in [5.41, 5.74) is 6.18. The minimum atomic E-state index is -0.578. The Balaban J connectivity index is 1.63. The molecule has 0 aromatic rings. The van der Waals surface area contributed by atoms with E-state index in [2.05, 4.69) is 40.7 Å². The van der Waals surface area contributed by atoms with Crippen LogP contribution in [0.5, 0.6) is 0 Å². The SMILES string of the molecule is CC1(C)CCC2(CN)CCC3(C)C(C(=O)CC4C5(C)C=C(C#N)C(=O)C(C)(C)C5CCC43C)C2C1. The molecule has 0 aromatic heterocycles. The summed E-state index contributed by atoms with van der Waals surface area (Å²) in [6.07, 6.45) is 10.2. The van der Waals surface area contributed by atoms with E-state index >= 15 is 0 Å². The lowest BCUT2D eigenvalue weighted by atomic mass is 9.31. The maximum atomic E-state index is 14.4. The summed E-state index contributed by atoms with van der Waals surface area (Å²) in [6, 6.07) is 2.22. The molecule has 4 nitrogen and oxygen atoms in total. The quantitative estimate of drug-likeness (QED) is 0.483. The number of ketones is 2. The van der Waals surface area contributed by atoms with Crippen LogP contribution >= 0.6 is 0 Å². The summed E-state index contributed by atoms with van der Waals surface area (Å²) in [6.45, 7) is 16.7. The van der Waals surface area contributed by atoms with Gasteiger partial charge in [0.25, 0.3) is 0 Å². The zero-order valence-corrected chi connectivity index (χ0v) is 23.1. The Kier molecular flexibility index (Phi) is 5.26. The van der Waals surface area contributed by atoms with Gasteiger partial charge in [0, 0.05) is 17.8 Å². The van der Waals surface area contributed by atoms with Gasteiger partial charge in [0.2, 0.25) is 0 Å². The fourth-order valence-electron chi connectivity index (χ4n) is 10.8. The van der Waals surface area contributed by atoms with E-state index in [4.69, 9.17) is 5.73 Å². The number of hydrogen-bond acceptors (Lipinski definition) is 4. The van der Waals surface area contributed by atoms with E-state index in [1.807, 2.05) is 19.9 Å². The molecule has 8 unspecified atom stereocenters. The molecule has 8 atom stereocenters. The van der Waals surface area contributed by atoms with E-state index in [0.29, 0.717) is 30.2 Å². The number of Topliss-reactive ketones (excluding diaryl/α,β-unsaturated/α-hetero) is 2. The molecule has 192 valence electrons. The summed E-state index contributed by atoms with van der Waals surface area (Å²) in [5, 5.41) is 9.86. The van der Waals surface area contributed by atoms with Gasteiger partial charge < -0.3 is 5.73 Å². The Morgan fingerprint density at radius 3 is 2.23 bits per heavy atom. The van der Waals surface area contributed by atoms with E-state index in [-0.39, 0.29) is 50.6 Å². The van der Waals surface area contributed by atoms with Crippen molar-refractivity contribution in [3.63, 3.8) is 0 Å². The molecule has 4 fully saturated rings. The predicted molar refractivity (Wildman–Crippen MR) is 138 cm³/mol. The molecule has 5 aliphatic carbocycles. The van der Waals surface area contributed by atoms with Crippen LogP contribution in [0.2, 0.25) is 0 Å². The molecule has 0 amide bonds. The molecule has 0 spiro atoms. The smallest absolute Gasteiger partial charge is 0.178 e. The van der Waals surface area contributed by atoms with Crippen molar-refractivity contribution in [2.75, 3.05) is 6.54 Å². The van der Waals surface area contributed by atoms with Crippen molar-refractivity contribution in [3.8, 4) is 6.07 Å². The summed E-state index contributed by atoms with van der Waals surface area (Å²) >= 11 is 0. The van der Waals surface area contributed by atoms with E-state index in [1.165, 1.54) is 6.42 Å². The second-order valence-corrected chi connectivity index (χ2v) is 15.3.